The summed E-state index contributed by atoms with van der Waals surface area (Å²) < 4.78 is 21.0. The number of carbonyl (C=O) groups is 1. The third-order valence-corrected chi connectivity index (χ3v) is 9.03. The van der Waals surface area contributed by atoms with Gasteiger partial charge in [0.05, 0.1) is 24.1 Å². The van der Waals surface area contributed by atoms with Crippen molar-refractivity contribution in [2.45, 2.75) is 43.2 Å². The number of methoxy groups -OCH3 is 1. The number of aromatic nitrogens is 1. The molecule has 0 spiro atoms. The van der Waals surface area contributed by atoms with Gasteiger partial charge in [0.2, 0.25) is 0 Å². The van der Waals surface area contributed by atoms with Crippen LogP contribution in [0.1, 0.15) is 43.8 Å². The molecule has 0 amide bonds. The first kappa shape index (κ1) is 26.2. The van der Waals surface area contributed by atoms with E-state index in [2.05, 4.69) is 26.7 Å². The number of hydrogen-bond donors (Lipinski definition) is 1. The van der Waals surface area contributed by atoms with Gasteiger partial charge in [-0.15, -0.1) is 11.8 Å². The Balaban J connectivity index is 1.40. The highest BCUT2D eigenvalue weighted by Gasteiger charge is 2.37. The van der Waals surface area contributed by atoms with Crippen molar-refractivity contribution in [1.82, 2.24) is 9.88 Å². The number of hydrogen-bond acceptors (Lipinski definition) is 6. The molecule has 5 nitrogen and oxygen atoms in total. The van der Waals surface area contributed by atoms with Crippen LogP contribution in [0.5, 0.6) is 5.75 Å². The van der Waals surface area contributed by atoms with E-state index in [-0.39, 0.29) is 17.9 Å². The maximum atomic E-state index is 15.7. The van der Waals surface area contributed by atoms with E-state index in [9.17, 15) is 9.90 Å². The van der Waals surface area contributed by atoms with Gasteiger partial charge in [0.15, 0.2) is 0 Å². The molecule has 1 N–H and O–H groups in total. The van der Waals surface area contributed by atoms with Crippen molar-refractivity contribution in [3.63, 3.8) is 0 Å². The summed E-state index contributed by atoms with van der Waals surface area (Å²) in [5, 5.41) is 14.8. The number of alkyl halides is 1. The van der Waals surface area contributed by atoms with E-state index in [1.54, 1.807) is 36.6 Å². The van der Waals surface area contributed by atoms with Gasteiger partial charge in [0.1, 0.15) is 11.9 Å². The largest absolute Gasteiger partial charge is 0.497 e. The Hall–Kier alpha value is -1.87. The highest BCUT2D eigenvalue weighted by Crippen LogP contribution is 2.44. The van der Waals surface area contributed by atoms with E-state index in [4.69, 9.17) is 16.3 Å². The lowest BCUT2D eigenvalue weighted by molar-refractivity contribution is -0.141. The van der Waals surface area contributed by atoms with Crippen molar-refractivity contribution in [3.05, 3.63) is 51.8 Å². The Morgan fingerprint density at radius 1 is 1.37 bits per heavy atom. The molecule has 2 aromatic heterocycles. The lowest BCUT2D eigenvalue weighted by Gasteiger charge is -2.41. The molecule has 1 aromatic carbocycles. The van der Waals surface area contributed by atoms with Crippen LogP contribution in [-0.2, 0) is 4.79 Å². The number of thioether (sulfide) groups is 1. The number of likely N-dealkylation sites (tertiary alicyclic amines) is 1. The zero-order valence-corrected chi connectivity index (χ0v) is 22.1. The van der Waals surface area contributed by atoms with Gasteiger partial charge in [0, 0.05) is 39.7 Å². The van der Waals surface area contributed by atoms with Crippen LogP contribution in [0.4, 0.5) is 4.39 Å². The Morgan fingerprint density at radius 3 is 2.86 bits per heavy atom. The van der Waals surface area contributed by atoms with Crippen molar-refractivity contribution in [2.75, 3.05) is 32.5 Å². The summed E-state index contributed by atoms with van der Waals surface area (Å²) in [6.07, 6.45) is 2.47. The van der Waals surface area contributed by atoms with Crippen LogP contribution in [0.2, 0.25) is 5.02 Å². The number of fused-ring (bicyclic) bond motifs is 1. The van der Waals surface area contributed by atoms with Crippen LogP contribution in [0.25, 0.3) is 10.9 Å². The quantitative estimate of drug-likeness (QED) is 0.264. The summed E-state index contributed by atoms with van der Waals surface area (Å²) in [4.78, 5) is 19.7. The molecule has 4 rings (SSSR count). The number of rotatable bonds is 11. The fourth-order valence-corrected chi connectivity index (χ4v) is 6.96. The van der Waals surface area contributed by atoms with E-state index < -0.39 is 17.6 Å². The van der Waals surface area contributed by atoms with Crippen LogP contribution >= 0.6 is 34.7 Å². The van der Waals surface area contributed by atoms with Gasteiger partial charge >= 0.3 is 5.97 Å². The van der Waals surface area contributed by atoms with Crippen molar-refractivity contribution < 1.29 is 19.0 Å². The topological polar surface area (TPSA) is 62.7 Å². The van der Waals surface area contributed by atoms with Crippen LogP contribution in [-0.4, -0.2) is 53.5 Å². The molecule has 1 aliphatic heterocycles. The van der Waals surface area contributed by atoms with Gasteiger partial charge < -0.3 is 14.7 Å². The first-order chi connectivity index (χ1) is 16.9. The molecule has 188 valence electrons. The van der Waals surface area contributed by atoms with E-state index >= 15 is 4.39 Å². The average molecular weight is 537 g/mol. The second kappa shape index (κ2) is 11.9. The predicted octanol–water partition coefficient (Wildman–Crippen LogP) is 7.10. The molecule has 1 atom stereocenters. The fourth-order valence-electron chi connectivity index (χ4n) is 4.90. The number of piperidine rings is 1. The van der Waals surface area contributed by atoms with Crippen LogP contribution < -0.4 is 4.74 Å². The molecule has 9 heteroatoms. The van der Waals surface area contributed by atoms with E-state index in [0.29, 0.717) is 28.6 Å². The van der Waals surface area contributed by atoms with Crippen molar-refractivity contribution in [1.29, 1.82) is 0 Å². The monoisotopic (exact) mass is 536 g/mol. The number of benzene rings is 1. The van der Waals surface area contributed by atoms with E-state index in [1.807, 2.05) is 11.8 Å². The first-order valence-corrected chi connectivity index (χ1v) is 14.1. The zero-order chi connectivity index (χ0) is 24.8. The molecule has 0 radical (unpaired) electrons. The number of ether oxygens (including phenoxy) is 1. The number of aliphatic carboxylic acids is 1. The minimum atomic E-state index is -1.31. The van der Waals surface area contributed by atoms with Gasteiger partial charge in [-0.3, -0.25) is 9.78 Å². The maximum Gasteiger partial charge on any atom is 0.303 e. The molecule has 3 heterocycles. The smallest absolute Gasteiger partial charge is 0.303 e. The minimum Gasteiger partial charge on any atom is -0.497 e. The summed E-state index contributed by atoms with van der Waals surface area (Å²) >= 11 is 9.94. The van der Waals surface area contributed by atoms with Gasteiger partial charge in [-0.05, 0) is 73.8 Å². The van der Waals surface area contributed by atoms with Gasteiger partial charge in [-0.25, -0.2) is 4.39 Å². The van der Waals surface area contributed by atoms with E-state index in [0.717, 1.165) is 38.2 Å². The second-order valence-electron chi connectivity index (χ2n) is 9.13. The first-order valence-electron chi connectivity index (χ1n) is 11.7. The fraction of sp³-hybridized carbons (Fsp3) is 0.462. The number of pyridine rings is 1. The zero-order valence-electron chi connectivity index (χ0n) is 19.7. The van der Waals surface area contributed by atoms with Crippen LogP contribution in [0.3, 0.4) is 0 Å². The number of nitrogens with zero attached hydrogens (tertiary/aromatic N) is 2. The molecule has 0 saturated carbocycles. The molecule has 35 heavy (non-hydrogen) atoms. The van der Waals surface area contributed by atoms with Gasteiger partial charge in [-0.1, -0.05) is 11.6 Å². The lowest BCUT2D eigenvalue weighted by Crippen LogP contribution is -2.42. The third-order valence-electron chi connectivity index (χ3n) is 6.92. The highest BCUT2D eigenvalue weighted by molar-refractivity contribution is 7.99. The van der Waals surface area contributed by atoms with Crippen molar-refractivity contribution >= 4 is 51.6 Å². The van der Waals surface area contributed by atoms with Crippen LogP contribution in [0.15, 0.2) is 46.1 Å². The highest BCUT2D eigenvalue weighted by atomic mass is 35.5. The summed E-state index contributed by atoms with van der Waals surface area (Å²) in [6, 6.07) is 7.47. The minimum absolute atomic E-state index is 0.0653. The summed E-state index contributed by atoms with van der Waals surface area (Å²) in [5.74, 6) is 0.799. The average Bonchev–Trinajstić information content (AvgIpc) is 3.36. The standard InChI is InChI=1S/C26H30ClFN2O3S2/c1-33-18-2-3-23-20(14-18)25(21(27)16-29-23)22(28)4-6-26(15-24(31)32)7-9-30(10-8-26)11-13-35-19-5-12-34-17-19/h2-3,5,12,14,16-17,22H,4,6-11,13,15H2,1H3,(H,31,32)/t22-/m0/s1. The molecule has 0 bridgehead atoms. The maximum absolute atomic E-state index is 15.7. The second-order valence-corrected chi connectivity index (χ2v) is 11.5. The Kier molecular flexibility index (Phi) is 8.92. The normalized spacial score (nSPS) is 16.9. The molecular weight excluding hydrogens is 507 g/mol. The molecule has 0 unspecified atom stereocenters. The summed E-state index contributed by atoms with van der Waals surface area (Å²) in [6.45, 7) is 2.64. The summed E-state index contributed by atoms with van der Waals surface area (Å²) in [7, 11) is 1.56. The Labute approximate surface area is 218 Å². The number of halogens is 2. The molecule has 1 fully saturated rings. The summed E-state index contributed by atoms with van der Waals surface area (Å²) in [5.41, 5.74) is 0.658. The van der Waals surface area contributed by atoms with Gasteiger partial charge in [-0.2, -0.15) is 11.3 Å². The Bertz CT molecular complexity index is 1140. The SMILES string of the molecule is COc1ccc2ncc(Cl)c([C@@H](F)CCC3(CC(=O)O)CCN(CCSc4ccsc4)CC3)c2c1. The molecule has 0 aliphatic carbocycles. The lowest BCUT2D eigenvalue weighted by atomic mass is 9.71. The van der Waals surface area contributed by atoms with Gasteiger partial charge in [0.25, 0.3) is 0 Å². The van der Waals surface area contributed by atoms with Crippen molar-refractivity contribution in [3.8, 4) is 5.75 Å². The number of carboxylic acid groups (broad SMARTS) is 1. The molecule has 3 aromatic rings. The third kappa shape index (κ3) is 6.67. The molecule has 1 aliphatic rings. The number of thiophene rings is 1. The van der Waals surface area contributed by atoms with Crippen molar-refractivity contribution in [2.24, 2.45) is 5.41 Å². The predicted molar refractivity (Wildman–Crippen MR) is 142 cm³/mol. The molecule has 1 saturated heterocycles. The Morgan fingerprint density at radius 2 is 2.17 bits per heavy atom. The van der Waals surface area contributed by atoms with E-state index in [1.165, 1.54) is 11.1 Å². The van der Waals surface area contributed by atoms with Crippen LogP contribution in [0, 0.1) is 5.41 Å². The molecular formula is C26H30ClFN2O3S2. The number of carboxylic acids is 1.